The maximum Gasteiger partial charge on any atom is 0.161 e. The molecule has 1 aliphatic carbocycles. The first-order valence-corrected chi connectivity index (χ1v) is 6.77. The van der Waals surface area contributed by atoms with Crippen molar-refractivity contribution in [3.05, 3.63) is 47.0 Å². The molecule has 1 aliphatic rings. The van der Waals surface area contributed by atoms with Crippen LogP contribution >= 0.6 is 0 Å². The maximum absolute atomic E-state index is 12.1. The van der Waals surface area contributed by atoms with Crippen LogP contribution in [0.1, 0.15) is 42.3 Å². The van der Waals surface area contributed by atoms with Gasteiger partial charge in [-0.3, -0.25) is 14.4 Å². The number of hydrogen-bond acceptors (Lipinski definition) is 3. The van der Waals surface area contributed by atoms with Gasteiger partial charge in [-0.1, -0.05) is 30.3 Å². The number of Topliss-reactive ketones (excluding diaryl/α,β-unsaturated/α-hetero) is 3. The SMILES string of the molecule is CC(=O)C1=C(C(C)=O)c2c(C(C)=O)ccc3cccc1c23. The molecule has 0 N–H and O–H groups in total. The lowest BCUT2D eigenvalue weighted by atomic mass is 9.93. The molecule has 3 nitrogen and oxygen atoms in total. The minimum absolute atomic E-state index is 0.106. The minimum atomic E-state index is -0.189. The monoisotopic (exact) mass is 278 g/mol. The second kappa shape index (κ2) is 4.48. The van der Waals surface area contributed by atoms with Crippen molar-refractivity contribution in [2.24, 2.45) is 0 Å². The number of allylic oxidation sites excluding steroid dienone is 2. The van der Waals surface area contributed by atoms with E-state index in [9.17, 15) is 14.4 Å². The number of rotatable bonds is 3. The molecule has 0 bridgehead atoms. The van der Waals surface area contributed by atoms with Crippen LogP contribution in [0.5, 0.6) is 0 Å². The molecule has 3 rings (SSSR count). The second-order valence-electron chi connectivity index (χ2n) is 5.31. The van der Waals surface area contributed by atoms with Crippen molar-refractivity contribution in [1.29, 1.82) is 0 Å². The molecule has 0 fully saturated rings. The summed E-state index contributed by atoms with van der Waals surface area (Å²) in [5.74, 6) is -0.449. The summed E-state index contributed by atoms with van der Waals surface area (Å²) in [6.45, 7) is 4.37. The zero-order chi connectivity index (χ0) is 15.3. The Bertz CT molecular complexity index is 869. The fourth-order valence-electron chi connectivity index (χ4n) is 3.12. The molecule has 0 amide bonds. The maximum atomic E-state index is 12.1. The fraction of sp³-hybridized carbons (Fsp3) is 0.167. The van der Waals surface area contributed by atoms with Gasteiger partial charge in [-0.05, 0) is 37.1 Å². The normalized spacial score (nSPS) is 12.9. The van der Waals surface area contributed by atoms with E-state index in [-0.39, 0.29) is 17.3 Å². The lowest BCUT2D eigenvalue weighted by Crippen LogP contribution is -2.05. The third-order valence-electron chi connectivity index (χ3n) is 3.90. The minimum Gasteiger partial charge on any atom is -0.294 e. The Balaban J connectivity index is 2.57. The van der Waals surface area contributed by atoms with Gasteiger partial charge in [-0.15, -0.1) is 0 Å². The van der Waals surface area contributed by atoms with E-state index in [0.29, 0.717) is 22.3 Å². The Morgan fingerprint density at radius 1 is 0.762 bits per heavy atom. The first-order valence-electron chi connectivity index (χ1n) is 6.77. The summed E-state index contributed by atoms with van der Waals surface area (Å²) in [5.41, 5.74) is 2.67. The molecule has 0 radical (unpaired) electrons. The molecule has 0 unspecified atom stereocenters. The van der Waals surface area contributed by atoms with Gasteiger partial charge in [0.25, 0.3) is 0 Å². The van der Waals surface area contributed by atoms with Gasteiger partial charge in [0, 0.05) is 22.3 Å². The van der Waals surface area contributed by atoms with Crippen molar-refractivity contribution in [3.8, 4) is 0 Å². The molecule has 3 heteroatoms. The largest absolute Gasteiger partial charge is 0.294 e. The highest BCUT2D eigenvalue weighted by molar-refractivity contribution is 6.46. The van der Waals surface area contributed by atoms with Gasteiger partial charge in [0.05, 0.1) is 0 Å². The van der Waals surface area contributed by atoms with Crippen molar-refractivity contribution in [2.75, 3.05) is 0 Å². The molecule has 0 saturated heterocycles. The predicted molar refractivity (Wildman–Crippen MR) is 82.1 cm³/mol. The summed E-state index contributed by atoms with van der Waals surface area (Å²) in [5, 5.41) is 1.77. The predicted octanol–water partition coefficient (Wildman–Crippen LogP) is 3.44. The first kappa shape index (κ1) is 13.4. The van der Waals surface area contributed by atoms with Gasteiger partial charge < -0.3 is 0 Å². The standard InChI is InChI=1S/C18H14O3/c1-9(19)13-8-7-12-5-4-6-14-15(10(2)20)16(11(3)21)18(13)17(12)14/h4-8H,1-3H3. The van der Waals surface area contributed by atoms with E-state index in [4.69, 9.17) is 0 Å². The third-order valence-corrected chi connectivity index (χ3v) is 3.90. The number of benzene rings is 2. The van der Waals surface area contributed by atoms with E-state index >= 15 is 0 Å². The summed E-state index contributed by atoms with van der Waals surface area (Å²) in [6, 6.07) is 9.21. The van der Waals surface area contributed by atoms with Crippen LogP contribution < -0.4 is 0 Å². The number of hydrogen-bond donors (Lipinski definition) is 0. The van der Waals surface area contributed by atoms with Crippen molar-refractivity contribution in [2.45, 2.75) is 20.8 Å². The third kappa shape index (κ3) is 1.77. The van der Waals surface area contributed by atoms with Crippen molar-refractivity contribution in [3.63, 3.8) is 0 Å². The highest BCUT2D eigenvalue weighted by Crippen LogP contribution is 2.44. The zero-order valence-electron chi connectivity index (χ0n) is 12.1. The van der Waals surface area contributed by atoms with E-state index in [1.165, 1.54) is 20.8 Å². The quantitative estimate of drug-likeness (QED) is 0.808. The summed E-state index contributed by atoms with van der Waals surface area (Å²) in [6.07, 6.45) is 0. The van der Waals surface area contributed by atoms with Crippen LogP contribution in [0.4, 0.5) is 0 Å². The summed E-state index contributed by atoms with van der Waals surface area (Å²) in [4.78, 5) is 36.1. The number of carbonyl (C=O) groups excluding carboxylic acids is 3. The molecular formula is C18H14O3. The smallest absolute Gasteiger partial charge is 0.161 e. The Kier molecular flexibility index (Phi) is 2.87. The van der Waals surface area contributed by atoms with Crippen LogP contribution in [0.15, 0.2) is 30.3 Å². The van der Waals surface area contributed by atoms with E-state index < -0.39 is 0 Å². The lowest BCUT2D eigenvalue weighted by molar-refractivity contribution is -0.113. The zero-order valence-corrected chi connectivity index (χ0v) is 12.1. The van der Waals surface area contributed by atoms with Gasteiger partial charge in [-0.2, -0.15) is 0 Å². The number of ketones is 3. The lowest BCUT2D eigenvalue weighted by Gasteiger charge is -2.08. The molecule has 0 aromatic heterocycles. The van der Waals surface area contributed by atoms with Gasteiger partial charge >= 0.3 is 0 Å². The van der Waals surface area contributed by atoms with Gasteiger partial charge in [-0.25, -0.2) is 0 Å². The highest BCUT2D eigenvalue weighted by Gasteiger charge is 2.31. The molecule has 2 aromatic rings. The molecule has 104 valence electrons. The van der Waals surface area contributed by atoms with Crippen LogP contribution in [0.2, 0.25) is 0 Å². The van der Waals surface area contributed by atoms with Gasteiger partial charge in [0.1, 0.15) is 0 Å². The van der Waals surface area contributed by atoms with Crippen LogP contribution in [0.3, 0.4) is 0 Å². The average molecular weight is 278 g/mol. The Hall–Kier alpha value is -2.55. The van der Waals surface area contributed by atoms with Crippen LogP contribution in [0.25, 0.3) is 21.9 Å². The molecule has 0 spiro atoms. The summed E-state index contributed by atoms with van der Waals surface area (Å²) >= 11 is 0. The van der Waals surface area contributed by atoms with E-state index in [0.717, 1.165) is 16.3 Å². The van der Waals surface area contributed by atoms with Crippen LogP contribution in [-0.2, 0) is 9.59 Å². The molecule has 21 heavy (non-hydrogen) atoms. The van der Waals surface area contributed by atoms with Crippen LogP contribution in [-0.4, -0.2) is 17.3 Å². The Labute approximate surface area is 122 Å². The molecule has 0 atom stereocenters. The van der Waals surface area contributed by atoms with E-state index in [1.54, 1.807) is 6.07 Å². The van der Waals surface area contributed by atoms with E-state index in [2.05, 4.69) is 0 Å². The van der Waals surface area contributed by atoms with Gasteiger partial charge in [0.15, 0.2) is 17.3 Å². The molecule has 0 aliphatic heterocycles. The number of carbonyl (C=O) groups is 3. The van der Waals surface area contributed by atoms with Crippen LogP contribution in [0, 0.1) is 0 Å². The summed E-state index contributed by atoms with van der Waals surface area (Å²) < 4.78 is 0. The highest BCUT2D eigenvalue weighted by atomic mass is 16.1. The summed E-state index contributed by atoms with van der Waals surface area (Å²) in [7, 11) is 0. The van der Waals surface area contributed by atoms with Crippen molar-refractivity contribution >= 4 is 39.3 Å². The van der Waals surface area contributed by atoms with Gasteiger partial charge in [0.2, 0.25) is 0 Å². The topological polar surface area (TPSA) is 51.2 Å². The van der Waals surface area contributed by atoms with Crippen molar-refractivity contribution < 1.29 is 14.4 Å². The Morgan fingerprint density at radius 2 is 1.43 bits per heavy atom. The molecule has 0 heterocycles. The average Bonchev–Trinajstić information content (AvgIpc) is 2.76. The molecule has 2 aromatic carbocycles. The molecular weight excluding hydrogens is 264 g/mol. The molecule has 0 saturated carbocycles. The fourth-order valence-corrected chi connectivity index (χ4v) is 3.12. The second-order valence-corrected chi connectivity index (χ2v) is 5.31. The van der Waals surface area contributed by atoms with E-state index in [1.807, 2.05) is 24.3 Å². The Morgan fingerprint density at radius 3 is 2.00 bits per heavy atom. The van der Waals surface area contributed by atoms with Crippen molar-refractivity contribution in [1.82, 2.24) is 0 Å². The first-order chi connectivity index (χ1) is 9.93.